The minimum atomic E-state index is -0.969. The summed E-state index contributed by atoms with van der Waals surface area (Å²) in [7, 11) is 0. The molecule has 3 rings (SSSR count). The van der Waals surface area contributed by atoms with Crippen molar-refractivity contribution in [3.8, 4) is 0 Å². The van der Waals surface area contributed by atoms with E-state index in [9.17, 15) is 9.59 Å². The van der Waals surface area contributed by atoms with Crippen LogP contribution in [0.2, 0.25) is 0 Å². The average molecular weight is 386 g/mol. The van der Waals surface area contributed by atoms with E-state index in [-0.39, 0.29) is 11.8 Å². The number of carbonyl (C=O) groups is 2. The number of benzene rings is 3. The third-order valence-corrected chi connectivity index (χ3v) is 5.08. The number of ether oxygens (including phenoxy) is 1. The van der Waals surface area contributed by atoms with Gasteiger partial charge in [-0.25, -0.2) is 0 Å². The molecule has 0 amide bonds. The molecule has 0 aliphatic rings. The van der Waals surface area contributed by atoms with Gasteiger partial charge in [0, 0.05) is 11.1 Å². The molecule has 0 saturated carbocycles. The van der Waals surface area contributed by atoms with Crippen LogP contribution in [-0.2, 0) is 9.53 Å². The maximum Gasteiger partial charge on any atom is 0.314 e. The molecule has 3 nitrogen and oxygen atoms in total. The highest BCUT2D eigenvalue weighted by atomic mass is 16.5. The van der Waals surface area contributed by atoms with Crippen LogP contribution in [0.1, 0.15) is 58.0 Å². The van der Waals surface area contributed by atoms with E-state index in [0.29, 0.717) is 17.5 Å². The summed E-state index contributed by atoms with van der Waals surface area (Å²) in [6.07, 6.45) is -0.370. The first-order valence-corrected chi connectivity index (χ1v) is 9.92. The predicted molar refractivity (Wildman–Crippen MR) is 115 cm³/mol. The van der Waals surface area contributed by atoms with Crippen LogP contribution in [0.4, 0.5) is 0 Å². The highest BCUT2D eigenvalue weighted by Crippen LogP contribution is 2.28. The van der Waals surface area contributed by atoms with Crippen molar-refractivity contribution in [2.45, 2.75) is 39.2 Å². The molecule has 0 N–H and O–H groups in total. The molecule has 3 aromatic carbocycles. The Morgan fingerprint density at radius 1 is 0.759 bits per heavy atom. The van der Waals surface area contributed by atoms with Crippen molar-refractivity contribution in [3.05, 3.63) is 107 Å². The van der Waals surface area contributed by atoms with Crippen LogP contribution in [0.5, 0.6) is 0 Å². The second kappa shape index (κ2) is 9.33. The van der Waals surface area contributed by atoms with Gasteiger partial charge in [0.25, 0.3) is 0 Å². The molecule has 0 unspecified atom stereocenters. The maximum atomic E-state index is 13.2. The monoisotopic (exact) mass is 386 g/mol. The summed E-state index contributed by atoms with van der Waals surface area (Å²) >= 11 is 0. The fraction of sp³-hybridized carbons (Fsp3) is 0.231. The van der Waals surface area contributed by atoms with Gasteiger partial charge in [0.1, 0.15) is 0 Å². The summed E-state index contributed by atoms with van der Waals surface area (Å²) in [6.45, 7) is 5.90. The molecule has 0 saturated heterocycles. The van der Waals surface area contributed by atoms with E-state index in [2.05, 4.69) is 0 Å². The van der Waals surface area contributed by atoms with Crippen molar-refractivity contribution in [2.24, 2.45) is 0 Å². The summed E-state index contributed by atoms with van der Waals surface area (Å²) in [6, 6.07) is 24.4. The first kappa shape index (κ1) is 20.5. The van der Waals surface area contributed by atoms with Gasteiger partial charge >= 0.3 is 5.97 Å². The van der Waals surface area contributed by atoms with Gasteiger partial charge in [-0.1, -0.05) is 96.9 Å². The lowest BCUT2D eigenvalue weighted by molar-refractivity contribution is -0.149. The van der Waals surface area contributed by atoms with Crippen LogP contribution in [0.25, 0.3) is 0 Å². The number of rotatable bonds is 7. The van der Waals surface area contributed by atoms with E-state index < -0.39 is 12.0 Å². The fourth-order valence-electron chi connectivity index (χ4n) is 3.31. The third kappa shape index (κ3) is 5.00. The predicted octanol–water partition coefficient (Wildman–Crippen LogP) is 5.96. The molecule has 0 fully saturated rings. The Morgan fingerprint density at radius 3 is 1.86 bits per heavy atom. The van der Waals surface area contributed by atoms with Gasteiger partial charge in [0.15, 0.2) is 6.10 Å². The molecule has 0 aliphatic carbocycles. The Morgan fingerprint density at radius 2 is 1.31 bits per heavy atom. The van der Waals surface area contributed by atoms with E-state index in [0.717, 1.165) is 16.7 Å². The summed E-state index contributed by atoms with van der Waals surface area (Å²) in [5.74, 6) is -1.01. The Balaban J connectivity index is 1.92. The summed E-state index contributed by atoms with van der Waals surface area (Å²) in [5.41, 5.74) is 4.25. The van der Waals surface area contributed by atoms with E-state index in [1.165, 1.54) is 0 Å². The number of esters is 1. The van der Waals surface area contributed by atoms with E-state index in [1.807, 2.05) is 87.5 Å². The lowest BCUT2D eigenvalue weighted by Gasteiger charge is -2.21. The number of ketones is 1. The van der Waals surface area contributed by atoms with Crippen LogP contribution in [0.15, 0.2) is 78.9 Å². The molecule has 0 bridgehead atoms. The van der Waals surface area contributed by atoms with Crippen molar-refractivity contribution < 1.29 is 14.3 Å². The smallest absolute Gasteiger partial charge is 0.314 e. The Kier molecular flexibility index (Phi) is 6.61. The van der Waals surface area contributed by atoms with Crippen molar-refractivity contribution in [1.82, 2.24) is 0 Å². The second-order valence-electron chi connectivity index (χ2n) is 7.33. The van der Waals surface area contributed by atoms with Gasteiger partial charge < -0.3 is 4.74 Å². The first-order chi connectivity index (χ1) is 14.0. The third-order valence-electron chi connectivity index (χ3n) is 5.08. The van der Waals surface area contributed by atoms with Gasteiger partial charge in [-0.15, -0.1) is 0 Å². The molecular formula is C26H26O3. The summed E-state index contributed by atoms with van der Waals surface area (Å²) in [5, 5.41) is 0. The molecule has 148 valence electrons. The highest BCUT2D eigenvalue weighted by molar-refractivity contribution is 6.01. The van der Waals surface area contributed by atoms with Crippen LogP contribution in [0, 0.1) is 13.8 Å². The van der Waals surface area contributed by atoms with E-state index in [1.54, 1.807) is 12.1 Å². The number of carbonyl (C=O) groups excluding carboxylic acids is 2. The van der Waals surface area contributed by atoms with Gasteiger partial charge in [-0.3, -0.25) is 9.59 Å². The van der Waals surface area contributed by atoms with Crippen LogP contribution in [0.3, 0.4) is 0 Å². The normalized spacial score (nSPS) is 12.8. The number of Topliss-reactive ketones (excluding diaryl/α,β-unsaturated/α-hetero) is 1. The van der Waals surface area contributed by atoms with E-state index in [4.69, 9.17) is 4.74 Å². The van der Waals surface area contributed by atoms with Gasteiger partial charge in [-0.05, 0) is 25.8 Å². The first-order valence-electron chi connectivity index (χ1n) is 9.92. The van der Waals surface area contributed by atoms with Crippen molar-refractivity contribution >= 4 is 11.8 Å². The second-order valence-corrected chi connectivity index (χ2v) is 7.33. The van der Waals surface area contributed by atoms with Gasteiger partial charge in [0.05, 0.1) is 5.92 Å². The quantitative estimate of drug-likeness (QED) is 0.371. The van der Waals surface area contributed by atoms with Gasteiger partial charge in [-0.2, -0.15) is 0 Å². The summed E-state index contributed by atoms with van der Waals surface area (Å²) in [4.78, 5) is 26.3. The SMILES string of the molecule is CC[C@H](C(=O)O[C@@H](C(=O)c1ccc(C)cc1)c1ccc(C)cc1)c1ccccc1. The zero-order valence-electron chi connectivity index (χ0n) is 17.1. The molecule has 0 heterocycles. The molecule has 0 spiro atoms. The molecule has 2 atom stereocenters. The zero-order valence-corrected chi connectivity index (χ0v) is 17.1. The fourth-order valence-corrected chi connectivity index (χ4v) is 3.31. The minimum Gasteiger partial charge on any atom is -0.449 e. The lowest BCUT2D eigenvalue weighted by Crippen LogP contribution is -2.24. The van der Waals surface area contributed by atoms with Crippen LogP contribution >= 0.6 is 0 Å². The van der Waals surface area contributed by atoms with Crippen molar-refractivity contribution in [2.75, 3.05) is 0 Å². The largest absolute Gasteiger partial charge is 0.449 e. The number of aryl methyl sites for hydroxylation is 2. The van der Waals surface area contributed by atoms with Crippen LogP contribution in [-0.4, -0.2) is 11.8 Å². The molecule has 0 aliphatic heterocycles. The zero-order chi connectivity index (χ0) is 20.8. The molecule has 0 aromatic heterocycles. The number of hydrogen-bond acceptors (Lipinski definition) is 3. The van der Waals surface area contributed by atoms with Gasteiger partial charge in [0.2, 0.25) is 5.78 Å². The Bertz CT molecular complexity index is 957. The summed E-state index contributed by atoms with van der Waals surface area (Å²) < 4.78 is 5.84. The Hall–Kier alpha value is -3.20. The van der Waals surface area contributed by atoms with Crippen molar-refractivity contribution in [1.29, 1.82) is 0 Å². The highest BCUT2D eigenvalue weighted by Gasteiger charge is 2.30. The average Bonchev–Trinajstić information content (AvgIpc) is 2.74. The van der Waals surface area contributed by atoms with Crippen molar-refractivity contribution in [3.63, 3.8) is 0 Å². The van der Waals surface area contributed by atoms with Crippen LogP contribution < -0.4 is 0 Å². The molecule has 29 heavy (non-hydrogen) atoms. The maximum absolute atomic E-state index is 13.2. The van der Waals surface area contributed by atoms with E-state index >= 15 is 0 Å². The lowest BCUT2D eigenvalue weighted by atomic mass is 9.95. The molecular weight excluding hydrogens is 360 g/mol. The topological polar surface area (TPSA) is 43.4 Å². The molecule has 3 aromatic rings. The number of hydrogen-bond donors (Lipinski definition) is 0. The molecule has 3 heteroatoms. The molecule has 0 radical (unpaired) electrons. The Labute approximate surface area is 172 Å². The minimum absolute atomic E-state index is 0.217. The standard InChI is InChI=1S/C26H26O3/c1-4-23(20-8-6-5-7-9-20)26(28)29-25(22-16-12-19(3)13-17-22)24(27)21-14-10-18(2)11-15-21/h5-17,23,25H,4H2,1-3H3/t23-,25+/m0/s1.